The van der Waals surface area contributed by atoms with E-state index in [4.69, 9.17) is 0 Å². The van der Waals surface area contributed by atoms with Crippen molar-refractivity contribution < 1.29 is 21.9 Å². The molecule has 0 spiro atoms. The Balaban J connectivity index is 2.03. The summed E-state index contributed by atoms with van der Waals surface area (Å²) < 4.78 is 51.1. The van der Waals surface area contributed by atoms with E-state index in [-0.39, 0.29) is 17.2 Å². The molecule has 1 fully saturated rings. The second kappa shape index (κ2) is 6.87. The normalized spacial score (nSPS) is 23.0. The maximum absolute atomic E-state index is 13.1. The second-order valence-electron chi connectivity index (χ2n) is 6.06. The molecule has 6 nitrogen and oxygen atoms in total. The molecule has 1 heterocycles. The van der Waals surface area contributed by atoms with Gasteiger partial charge in [0.2, 0.25) is 10.0 Å². The summed E-state index contributed by atoms with van der Waals surface area (Å²) in [6.07, 6.45) is -1.24. The highest BCUT2D eigenvalue weighted by Gasteiger charge is 2.44. The summed E-state index contributed by atoms with van der Waals surface area (Å²) in [4.78, 5) is 0.0717. The van der Waals surface area contributed by atoms with E-state index in [0.717, 1.165) is 9.87 Å². The van der Waals surface area contributed by atoms with Crippen LogP contribution in [0.15, 0.2) is 65.6 Å². The minimum absolute atomic E-state index is 0.00465. The van der Waals surface area contributed by atoms with Gasteiger partial charge in [0.15, 0.2) is 9.84 Å². The fraction of sp³-hybridized carbons (Fsp3) is 0.294. The van der Waals surface area contributed by atoms with E-state index in [1.165, 1.54) is 12.1 Å². The molecule has 0 saturated carbocycles. The zero-order chi connectivity index (χ0) is 18.1. The Bertz CT molecular complexity index is 928. The number of rotatable bonds is 5. The Kier molecular flexibility index (Phi) is 4.97. The standard InChI is InChI=1S/C17H19NO5S2/c19-17-13-24(20,21)12-16(17)18(11-14-7-3-1-4-8-14)25(22,23)15-9-5-2-6-10-15/h1-10,16-17,19H,11-13H2/t16-,17+/m0/s1. The first-order valence-corrected chi connectivity index (χ1v) is 11.0. The lowest BCUT2D eigenvalue weighted by molar-refractivity contribution is 0.125. The topological polar surface area (TPSA) is 91.8 Å². The number of hydrogen-bond donors (Lipinski definition) is 1. The van der Waals surface area contributed by atoms with Crippen molar-refractivity contribution in [2.24, 2.45) is 0 Å². The summed E-state index contributed by atoms with van der Waals surface area (Å²) in [5.74, 6) is -0.805. The van der Waals surface area contributed by atoms with Crippen molar-refractivity contribution >= 4 is 19.9 Å². The maximum Gasteiger partial charge on any atom is 0.243 e. The molecule has 0 aliphatic carbocycles. The Morgan fingerprint density at radius 2 is 1.52 bits per heavy atom. The highest BCUT2D eigenvalue weighted by molar-refractivity contribution is 7.92. The molecule has 0 radical (unpaired) electrons. The average Bonchev–Trinajstić information content (AvgIpc) is 2.86. The molecule has 1 aliphatic heterocycles. The van der Waals surface area contributed by atoms with Gasteiger partial charge < -0.3 is 5.11 Å². The average molecular weight is 381 g/mol. The molecule has 2 aromatic carbocycles. The number of benzene rings is 2. The van der Waals surface area contributed by atoms with Crippen LogP contribution in [0.1, 0.15) is 5.56 Å². The van der Waals surface area contributed by atoms with Crippen molar-refractivity contribution in [3.05, 3.63) is 66.2 Å². The van der Waals surface area contributed by atoms with E-state index in [1.54, 1.807) is 42.5 Å². The predicted octanol–water partition coefficient (Wildman–Crippen LogP) is 1.04. The summed E-state index contributed by atoms with van der Waals surface area (Å²) in [5.41, 5.74) is 0.721. The van der Waals surface area contributed by atoms with Gasteiger partial charge in [-0.2, -0.15) is 4.31 Å². The van der Waals surface area contributed by atoms with Crippen molar-refractivity contribution in [2.45, 2.75) is 23.6 Å². The Labute approximate surface area is 147 Å². The number of hydrogen-bond acceptors (Lipinski definition) is 5. The van der Waals surface area contributed by atoms with Crippen LogP contribution in [0.3, 0.4) is 0 Å². The molecular weight excluding hydrogens is 362 g/mol. The summed E-state index contributed by atoms with van der Waals surface area (Å²) >= 11 is 0. The minimum Gasteiger partial charge on any atom is -0.390 e. The van der Waals surface area contributed by atoms with E-state index < -0.39 is 37.8 Å². The zero-order valence-electron chi connectivity index (χ0n) is 13.4. The first-order chi connectivity index (χ1) is 11.8. The summed E-state index contributed by atoms with van der Waals surface area (Å²) in [6.45, 7) is -0.00465. The number of sulfonamides is 1. The second-order valence-corrected chi connectivity index (χ2v) is 10.1. The van der Waals surface area contributed by atoms with Gasteiger partial charge in [-0.3, -0.25) is 0 Å². The molecule has 25 heavy (non-hydrogen) atoms. The van der Waals surface area contributed by atoms with Crippen LogP contribution in [0.25, 0.3) is 0 Å². The molecule has 1 saturated heterocycles. The lowest BCUT2D eigenvalue weighted by Crippen LogP contribution is -2.46. The van der Waals surface area contributed by atoms with Gasteiger partial charge in [0.25, 0.3) is 0 Å². The van der Waals surface area contributed by atoms with E-state index in [2.05, 4.69) is 0 Å². The van der Waals surface area contributed by atoms with Crippen LogP contribution in [-0.4, -0.2) is 49.9 Å². The molecule has 0 amide bonds. The molecule has 2 atom stereocenters. The highest BCUT2D eigenvalue weighted by atomic mass is 32.2. The maximum atomic E-state index is 13.1. The van der Waals surface area contributed by atoms with E-state index in [9.17, 15) is 21.9 Å². The molecule has 0 bridgehead atoms. The van der Waals surface area contributed by atoms with Gasteiger partial charge in [-0.05, 0) is 17.7 Å². The minimum atomic E-state index is -3.96. The zero-order valence-corrected chi connectivity index (χ0v) is 15.0. The van der Waals surface area contributed by atoms with Crippen LogP contribution in [0, 0.1) is 0 Å². The Morgan fingerprint density at radius 1 is 0.960 bits per heavy atom. The van der Waals surface area contributed by atoms with Gasteiger partial charge >= 0.3 is 0 Å². The monoisotopic (exact) mass is 381 g/mol. The Hall–Kier alpha value is -1.74. The van der Waals surface area contributed by atoms with Crippen LogP contribution in [0.5, 0.6) is 0 Å². The SMILES string of the molecule is O=S1(=O)C[C@@H](O)[C@@H](N(Cc2ccccc2)S(=O)(=O)c2ccccc2)C1. The lowest BCUT2D eigenvalue weighted by atomic mass is 10.2. The molecule has 8 heteroatoms. The highest BCUT2D eigenvalue weighted by Crippen LogP contribution is 2.27. The molecule has 1 aliphatic rings. The van der Waals surface area contributed by atoms with Crippen molar-refractivity contribution in [3.63, 3.8) is 0 Å². The van der Waals surface area contributed by atoms with E-state index >= 15 is 0 Å². The molecule has 134 valence electrons. The van der Waals surface area contributed by atoms with Crippen LogP contribution in [0.4, 0.5) is 0 Å². The van der Waals surface area contributed by atoms with Crippen LogP contribution < -0.4 is 0 Å². The number of sulfone groups is 1. The number of aliphatic hydroxyl groups is 1. The smallest absolute Gasteiger partial charge is 0.243 e. The molecule has 0 aromatic heterocycles. The van der Waals surface area contributed by atoms with E-state index in [0.29, 0.717) is 0 Å². The van der Waals surface area contributed by atoms with E-state index in [1.807, 2.05) is 6.07 Å². The fourth-order valence-corrected chi connectivity index (χ4v) is 6.52. The molecule has 3 rings (SSSR count). The van der Waals surface area contributed by atoms with Crippen LogP contribution >= 0.6 is 0 Å². The van der Waals surface area contributed by atoms with Crippen molar-refractivity contribution in [1.29, 1.82) is 0 Å². The van der Waals surface area contributed by atoms with Gasteiger partial charge in [0, 0.05) is 6.54 Å². The van der Waals surface area contributed by atoms with Crippen LogP contribution in [0.2, 0.25) is 0 Å². The number of nitrogens with zero attached hydrogens (tertiary/aromatic N) is 1. The molecule has 2 aromatic rings. The largest absolute Gasteiger partial charge is 0.390 e. The summed E-state index contributed by atoms with van der Waals surface area (Å²) in [5, 5.41) is 10.2. The van der Waals surface area contributed by atoms with Gasteiger partial charge in [-0.1, -0.05) is 48.5 Å². The predicted molar refractivity (Wildman–Crippen MR) is 94.1 cm³/mol. The van der Waals surface area contributed by atoms with Gasteiger partial charge in [-0.15, -0.1) is 0 Å². The molecule has 0 unspecified atom stereocenters. The third-order valence-electron chi connectivity index (χ3n) is 4.19. The third-order valence-corrected chi connectivity index (χ3v) is 7.78. The quantitative estimate of drug-likeness (QED) is 0.835. The van der Waals surface area contributed by atoms with Crippen molar-refractivity contribution in [1.82, 2.24) is 4.31 Å². The first-order valence-electron chi connectivity index (χ1n) is 7.79. The summed E-state index contributed by atoms with van der Waals surface area (Å²) in [6, 6.07) is 15.7. The van der Waals surface area contributed by atoms with Crippen molar-refractivity contribution in [3.8, 4) is 0 Å². The van der Waals surface area contributed by atoms with Crippen LogP contribution in [-0.2, 0) is 26.4 Å². The molecular formula is C17H19NO5S2. The van der Waals surface area contributed by atoms with Gasteiger partial charge in [-0.25, -0.2) is 16.8 Å². The molecule has 1 N–H and O–H groups in total. The van der Waals surface area contributed by atoms with Gasteiger partial charge in [0.1, 0.15) is 0 Å². The van der Waals surface area contributed by atoms with Gasteiger partial charge in [0.05, 0.1) is 28.5 Å². The first kappa shape index (κ1) is 18.1. The summed E-state index contributed by atoms with van der Waals surface area (Å²) in [7, 11) is -7.44. The third kappa shape index (κ3) is 3.92. The fourth-order valence-electron chi connectivity index (χ4n) is 2.96. The van der Waals surface area contributed by atoms with Crippen molar-refractivity contribution in [2.75, 3.05) is 11.5 Å². The lowest BCUT2D eigenvalue weighted by Gasteiger charge is -2.29. The Morgan fingerprint density at radius 3 is 2.04 bits per heavy atom. The number of aliphatic hydroxyl groups excluding tert-OH is 1.